The molecule has 4 N–H and O–H groups in total. The van der Waals surface area contributed by atoms with Gasteiger partial charge < -0.3 is 25.6 Å². The van der Waals surface area contributed by atoms with Crippen molar-refractivity contribution in [2.75, 3.05) is 26.1 Å². The topological polar surface area (TPSA) is 89.1 Å². The molecule has 0 aliphatic rings. The molecular weight excluding hydrogens is 440 g/mol. The first-order valence-corrected chi connectivity index (χ1v) is 7.26. The van der Waals surface area contributed by atoms with Crippen LogP contribution in [0.2, 0.25) is 0 Å². The van der Waals surface area contributed by atoms with E-state index in [1.165, 1.54) is 24.3 Å². The summed E-state index contributed by atoms with van der Waals surface area (Å²) in [6, 6.07) is 10.8. The summed E-state index contributed by atoms with van der Waals surface area (Å²) < 4.78 is 23.3. The fourth-order valence-corrected chi connectivity index (χ4v) is 2.06. The van der Waals surface area contributed by atoms with Crippen molar-refractivity contribution < 1.29 is 19.0 Å². The Hall–Kier alpha value is -2.07. The number of rotatable bonds is 6. The lowest BCUT2D eigenvalue weighted by Gasteiger charge is -2.13. The molecule has 0 bridgehead atoms. The second-order valence-electron chi connectivity index (χ2n) is 4.98. The highest BCUT2D eigenvalue weighted by Gasteiger charge is 2.09. The van der Waals surface area contributed by atoms with Gasteiger partial charge in [0.05, 0.1) is 32.6 Å². The average molecular weight is 461 g/mol. The van der Waals surface area contributed by atoms with E-state index in [0.29, 0.717) is 22.7 Å². The Balaban J connectivity index is 0.00000312. The first kappa shape index (κ1) is 21.0. The number of anilines is 1. The van der Waals surface area contributed by atoms with Crippen LogP contribution in [0, 0.1) is 5.82 Å². The van der Waals surface area contributed by atoms with Crippen LogP contribution in [0.15, 0.2) is 47.5 Å². The molecule has 0 aliphatic carbocycles. The number of nitrogens with two attached hydrogens (primary N) is 1. The van der Waals surface area contributed by atoms with Gasteiger partial charge in [0.1, 0.15) is 17.3 Å². The van der Waals surface area contributed by atoms with Crippen molar-refractivity contribution in [3.8, 4) is 11.5 Å². The van der Waals surface area contributed by atoms with E-state index in [9.17, 15) is 9.50 Å². The van der Waals surface area contributed by atoms with Crippen molar-refractivity contribution in [3.63, 3.8) is 0 Å². The zero-order valence-electron chi connectivity index (χ0n) is 13.9. The number of methoxy groups -OCH3 is 2. The second-order valence-corrected chi connectivity index (χ2v) is 4.98. The van der Waals surface area contributed by atoms with Crippen LogP contribution in [-0.2, 0) is 0 Å². The van der Waals surface area contributed by atoms with E-state index in [1.54, 1.807) is 32.4 Å². The van der Waals surface area contributed by atoms with Gasteiger partial charge in [-0.1, -0.05) is 12.1 Å². The number of nitrogens with zero attached hydrogens (tertiary/aromatic N) is 1. The van der Waals surface area contributed by atoms with Crippen molar-refractivity contribution in [3.05, 3.63) is 53.8 Å². The van der Waals surface area contributed by atoms with Crippen LogP contribution >= 0.6 is 24.0 Å². The van der Waals surface area contributed by atoms with Gasteiger partial charge in [-0.3, -0.25) is 4.99 Å². The highest BCUT2D eigenvalue weighted by Crippen LogP contribution is 2.28. The number of ether oxygens (including phenoxy) is 2. The molecule has 25 heavy (non-hydrogen) atoms. The second kappa shape index (κ2) is 10.0. The summed E-state index contributed by atoms with van der Waals surface area (Å²) in [4.78, 5) is 4.09. The molecular formula is C17H21FIN3O3. The van der Waals surface area contributed by atoms with Crippen molar-refractivity contribution in [1.29, 1.82) is 0 Å². The highest BCUT2D eigenvalue weighted by molar-refractivity contribution is 14.0. The predicted molar refractivity (Wildman–Crippen MR) is 106 cm³/mol. The molecule has 0 heterocycles. The fourth-order valence-electron chi connectivity index (χ4n) is 2.06. The molecule has 0 saturated carbocycles. The lowest BCUT2D eigenvalue weighted by molar-refractivity contribution is 0.187. The zero-order chi connectivity index (χ0) is 17.5. The number of aliphatic imine (C=N–C) groups is 1. The molecule has 2 aromatic rings. The van der Waals surface area contributed by atoms with Crippen molar-refractivity contribution in [1.82, 2.24) is 0 Å². The summed E-state index contributed by atoms with van der Waals surface area (Å²) in [6.07, 6.45) is -0.877. The minimum Gasteiger partial charge on any atom is -0.497 e. The first-order valence-electron chi connectivity index (χ1n) is 7.26. The minimum absolute atomic E-state index is 0. The Kier molecular flexibility index (Phi) is 8.42. The third-order valence-corrected chi connectivity index (χ3v) is 3.36. The number of guanidine groups is 1. The van der Waals surface area contributed by atoms with E-state index in [0.717, 1.165) is 0 Å². The molecule has 6 nitrogen and oxygen atoms in total. The van der Waals surface area contributed by atoms with Gasteiger partial charge in [0.2, 0.25) is 0 Å². The van der Waals surface area contributed by atoms with Gasteiger partial charge in [0, 0.05) is 6.07 Å². The maximum Gasteiger partial charge on any atom is 0.193 e. The van der Waals surface area contributed by atoms with Crippen LogP contribution in [0.1, 0.15) is 11.7 Å². The Bertz CT molecular complexity index is 711. The Labute approximate surface area is 162 Å². The number of aliphatic hydroxyl groups excluding tert-OH is 1. The molecule has 0 spiro atoms. The zero-order valence-corrected chi connectivity index (χ0v) is 16.2. The van der Waals surface area contributed by atoms with Crippen LogP contribution in [0.3, 0.4) is 0 Å². The number of hydrogen-bond acceptors (Lipinski definition) is 4. The highest BCUT2D eigenvalue weighted by atomic mass is 127. The molecule has 8 heteroatoms. The number of nitrogens with one attached hydrogen (secondary N) is 1. The lowest BCUT2D eigenvalue weighted by Crippen LogP contribution is -2.24. The summed E-state index contributed by atoms with van der Waals surface area (Å²) in [5, 5.41) is 13.0. The van der Waals surface area contributed by atoms with Crippen LogP contribution in [0.4, 0.5) is 10.1 Å². The van der Waals surface area contributed by atoms with E-state index >= 15 is 0 Å². The maximum absolute atomic E-state index is 12.9. The molecule has 0 amide bonds. The summed E-state index contributed by atoms with van der Waals surface area (Å²) in [6.45, 7) is 0.0384. The molecule has 0 aromatic heterocycles. The Morgan fingerprint density at radius 2 is 1.88 bits per heavy atom. The van der Waals surface area contributed by atoms with E-state index in [4.69, 9.17) is 15.2 Å². The maximum atomic E-state index is 12.9. The smallest absolute Gasteiger partial charge is 0.193 e. The molecule has 0 aliphatic heterocycles. The monoisotopic (exact) mass is 461 g/mol. The van der Waals surface area contributed by atoms with Crippen molar-refractivity contribution in [2.24, 2.45) is 10.7 Å². The average Bonchev–Trinajstić information content (AvgIpc) is 2.60. The minimum atomic E-state index is -0.877. The van der Waals surface area contributed by atoms with Crippen molar-refractivity contribution in [2.45, 2.75) is 6.10 Å². The third kappa shape index (κ3) is 6.05. The standard InChI is InChI=1S/C17H20FN3O3.HI/c1-23-13-7-8-16(24-2)14(9-13)21-17(19)20-10-15(22)11-3-5-12(18)6-4-11;/h3-9,15,22H,10H2,1-2H3,(H3,19,20,21);1H. The van der Waals surface area contributed by atoms with Gasteiger partial charge in [-0.2, -0.15) is 0 Å². The molecule has 2 rings (SSSR count). The predicted octanol–water partition coefficient (Wildman–Crippen LogP) is 2.92. The molecule has 136 valence electrons. The SMILES string of the molecule is COc1ccc(OC)c(NC(N)=NCC(O)c2ccc(F)cc2)c1.I. The molecule has 1 unspecified atom stereocenters. The van der Waals surface area contributed by atoms with E-state index < -0.39 is 6.10 Å². The number of benzene rings is 2. The molecule has 0 saturated heterocycles. The number of hydrogen-bond donors (Lipinski definition) is 3. The first-order chi connectivity index (χ1) is 11.5. The van der Waals surface area contributed by atoms with Gasteiger partial charge in [-0.25, -0.2) is 4.39 Å². The molecule has 0 radical (unpaired) electrons. The van der Waals surface area contributed by atoms with Gasteiger partial charge in [0.25, 0.3) is 0 Å². The van der Waals surface area contributed by atoms with Crippen LogP contribution in [0.25, 0.3) is 0 Å². The largest absolute Gasteiger partial charge is 0.497 e. The van der Waals surface area contributed by atoms with Crippen LogP contribution in [-0.4, -0.2) is 31.8 Å². The third-order valence-electron chi connectivity index (χ3n) is 3.36. The number of aliphatic hydroxyl groups is 1. The van der Waals surface area contributed by atoms with E-state index in [1.807, 2.05) is 0 Å². The fraction of sp³-hybridized carbons (Fsp3) is 0.235. The van der Waals surface area contributed by atoms with Gasteiger partial charge in [-0.05, 0) is 29.8 Å². The van der Waals surface area contributed by atoms with E-state index in [2.05, 4.69) is 10.3 Å². The Morgan fingerprint density at radius 3 is 2.48 bits per heavy atom. The van der Waals surface area contributed by atoms with E-state index in [-0.39, 0.29) is 42.3 Å². The summed E-state index contributed by atoms with van der Waals surface area (Å²) >= 11 is 0. The van der Waals surface area contributed by atoms with Gasteiger partial charge in [-0.15, -0.1) is 24.0 Å². The lowest BCUT2D eigenvalue weighted by atomic mass is 10.1. The van der Waals surface area contributed by atoms with Crippen LogP contribution < -0.4 is 20.5 Å². The normalized spacial score (nSPS) is 12.1. The van der Waals surface area contributed by atoms with Gasteiger partial charge >= 0.3 is 0 Å². The Morgan fingerprint density at radius 1 is 1.20 bits per heavy atom. The molecule has 2 aromatic carbocycles. The molecule has 1 atom stereocenters. The summed E-state index contributed by atoms with van der Waals surface area (Å²) in [7, 11) is 3.10. The quantitative estimate of drug-likeness (QED) is 0.350. The summed E-state index contributed by atoms with van der Waals surface area (Å²) in [5.74, 6) is 0.967. The van der Waals surface area contributed by atoms with Crippen LogP contribution in [0.5, 0.6) is 11.5 Å². The molecule has 0 fully saturated rings. The summed E-state index contributed by atoms with van der Waals surface area (Å²) in [5.41, 5.74) is 7.00. The van der Waals surface area contributed by atoms with Crippen molar-refractivity contribution >= 4 is 35.6 Å². The van der Waals surface area contributed by atoms with Gasteiger partial charge in [0.15, 0.2) is 5.96 Å². The number of halogens is 2.